The second-order valence-corrected chi connectivity index (χ2v) is 9.15. The van der Waals surface area contributed by atoms with E-state index in [4.69, 9.17) is 0 Å². The molecule has 3 saturated carbocycles. The van der Waals surface area contributed by atoms with Crippen molar-refractivity contribution in [2.24, 2.45) is 34.5 Å². The molecule has 0 radical (unpaired) electrons. The highest BCUT2D eigenvalue weighted by molar-refractivity contribution is 5.93. The first-order chi connectivity index (χ1) is 11.8. The van der Waals surface area contributed by atoms with Crippen LogP contribution < -0.4 is 0 Å². The van der Waals surface area contributed by atoms with Gasteiger partial charge in [0.15, 0.2) is 5.78 Å². The maximum atomic E-state index is 12.3. The molecule has 4 aliphatic carbocycles. The fourth-order valence-corrected chi connectivity index (χ4v) is 7.26. The molecule has 0 bridgehead atoms. The second-order valence-electron chi connectivity index (χ2n) is 9.15. The van der Waals surface area contributed by atoms with Crippen molar-refractivity contribution < 1.29 is 19.5 Å². The summed E-state index contributed by atoms with van der Waals surface area (Å²) in [6.07, 6.45) is 7.29. The molecule has 3 fully saturated rings. The summed E-state index contributed by atoms with van der Waals surface area (Å²) in [6.45, 7) is 3.86. The highest BCUT2D eigenvalue weighted by Gasteiger charge is 2.63. The van der Waals surface area contributed by atoms with Crippen LogP contribution in [0.3, 0.4) is 0 Å². The third-order valence-electron chi connectivity index (χ3n) is 8.21. The molecule has 0 aromatic carbocycles. The Hall–Kier alpha value is -1.29. The Morgan fingerprint density at radius 1 is 1.28 bits per heavy atom. The summed E-state index contributed by atoms with van der Waals surface area (Å²) in [5, 5.41) is 11.1. The van der Waals surface area contributed by atoms with Gasteiger partial charge in [-0.05, 0) is 68.8 Å². The van der Waals surface area contributed by atoms with Gasteiger partial charge in [-0.15, -0.1) is 0 Å². The number of rotatable bonds is 2. The lowest BCUT2D eigenvalue weighted by molar-refractivity contribution is -0.152. The molecule has 0 heterocycles. The van der Waals surface area contributed by atoms with E-state index in [9.17, 15) is 19.5 Å². The monoisotopic (exact) mass is 344 g/mol. The molecule has 4 rings (SSSR count). The summed E-state index contributed by atoms with van der Waals surface area (Å²) in [4.78, 5) is 36.3. The molecule has 0 amide bonds. The fraction of sp³-hybridized carbons (Fsp3) is 0.762. The summed E-state index contributed by atoms with van der Waals surface area (Å²) in [5.41, 5.74) is 0.137. The third-order valence-corrected chi connectivity index (χ3v) is 8.21. The first-order valence-corrected chi connectivity index (χ1v) is 9.72. The first-order valence-electron chi connectivity index (χ1n) is 9.72. The van der Waals surface area contributed by atoms with E-state index in [1.807, 2.05) is 0 Å². The van der Waals surface area contributed by atoms with Gasteiger partial charge in [-0.25, -0.2) is 0 Å². The number of aliphatic hydroxyl groups is 1. The minimum absolute atomic E-state index is 0.0325. The highest BCUT2D eigenvalue weighted by Crippen LogP contribution is 2.66. The second kappa shape index (κ2) is 5.60. The van der Waals surface area contributed by atoms with Gasteiger partial charge in [-0.1, -0.05) is 12.5 Å². The average molecular weight is 344 g/mol. The minimum Gasteiger partial charge on any atom is -0.393 e. The highest BCUT2D eigenvalue weighted by atomic mass is 16.3. The van der Waals surface area contributed by atoms with Gasteiger partial charge in [0.1, 0.15) is 12.1 Å². The summed E-state index contributed by atoms with van der Waals surface area (Å²) in [7, 11) is 0. The smallest absolute Gasteiger partial charge is 0.155 e. The number of carbonyl (C=O) groups excluding carboxylic acids is 3. The zero-order chi connectivity index (χ0) is 18.0. The summed E-state index contributed by atoms with van der Waals surface area (Å²) in [6, 6.07) is 0. The molecule has 0 aromatic rings. The largest absolute Gasteiger partial charge is 0.393 e. The van der Waals surface area contributed by atoms with Crippen molar-refractivity contribution in [3.8, 4) is 0 Å². The number of aldehydes is 1. The third kappa shape index (κ3) is 2.19. The van der Waals surface area contributed by atoms with Crippen LogP contribution in [0.1, 0.15) is 58.8 Å². The van der Waals surface area contributed by atoms with Gasteiger partial charge >= 0.3 is 0 Å². The van der Waals surface area contributed by atoms with E-state index in [2.05, 4.69) is 6.92 Å². The molecule has 136 valence electrons. The van der Waals surface area contributed by atoms with Gasteiger partial charge < -0.3 is 9.90 Å². The summed E-state index contributed by atoms with van der Waals surface area (Å²) in [5.74, 6) is 0.950. The van der Waals surface area contributed by atoms with Crippen molar-refractivity contribution in [1.29, 1.82) is 0 Å². The lowest BCUT2D eigenvalue weighted by Gasteiger charge is -2.58. The normalized spacial score (nSPS) is 48.8. The van der Waals surface area contributed by atoms with Crippen molar-refractivity contribution in [3.63, 3.8) is 0 Å². The van der Waals surface area contributed by atoms with Crippen molar-refractivity contribution in [2.75, 3.05) is 0 Å². The van der Waals surface area contributed by atoms with E-state index in [0.717, 1.165) is 37.5 Å². The van der Waals surface area contributed by atoms with Crippen molar-refractivity contribution in [1.82, 2.24) is 0 Å². The number of aliphatic hydroxyl groups excluding tert-OH is 1. The van der Waals surface area contributed by atoms with Crippen LogP contribution in [0.4, 0.5) is 0 Å². The number of hydrogen-bond donors (Lipinski definition) is 1. The Morgan fingerprint density at radius 3 is 2.72 bits per heavy atom. The van der Waals surface area contributed by atoms with E-state index in [1.54, 1.807) is 13.0 Å². The minimum atomic E-state index is -0.661. The van der Waals surface area contributed by atoms with E-state index in [0.29, 0.717) is 25.2 Å². The van der Waals surface area contributed by atoms with Crippen LogP contribution in [0, 0.1) is 34.5 Å². The van der Waals surface area contributed by atoms with Gasteiger partial charge in [0, 0.05) is 18.3 Å². The molecule has 4 heteroatoms. The summed E-state index contributed by atoms with van der Waals surface area (Å²) >= 11 is 0. The molecule has 25 heavy (non-hydrogen) atoms. The Labute approximate surface area is 149 Å². The fourth-order valence-electron chi connectivity index (χ4n) is 7.26. The van der Waals surface area contributed by atoms with Crippen LogP contribution in [-0.2, 0) is 14.4 Å². The maximum Gasteiger partial charge on any atom is 0.155 e. The zero-order valence-electron chi connectivity index (χ0n) is 15.2. The average Bonchev–Trinajstić information content (AvgIpc) is 2.91. The molecule has 1 unspecified atom stereocenters. The maximum absolute atomic E-state index is 12.3. The van der Waals surface area contributed by atoms with Crippen LogP contribution in [0.15, 0.2) is 11.6 Å². The van der Waals surface area contributed by atoms with Crippen LogP contribution in [0.25, 0.3) is 0 Å². The van der Waals surface area contributed by atoms with E-state index in [1.165, 1.54) is 0 Å². The van der Waals surface area contributed by atoms with E-state index < -0.39 is 11.5 Å². The number of Topliss-reactive ketones (excluding diaryl/α,β-unsaturated/α-hetero) is 1. The lowest BCUT2D eigenvalue weighted by atomic mass is 9.45. The first kappa shape index (κ1) is 17.1. The van der Waals surface area contributed by atoms with Gasteiger partial charge in [0.05, 0.1) is 11.5 Å². The molecule has 0 aliphatic heterocycles. The Morgan fingerprint density at radius 2 is 2.04 bits per heavy atom. The van der Waals surface area contributed by atoms with Crippen LogP contribution in [-0.4, -0.2) is 29.1 Å². The lowest BCUT2D eigenvalue weighted by Crippen LogP contribution is -2.58. The molecule has 7 atom stereocenters. The van der Waals surface area contributed by atoms with Crippen LogP contribution in [0.2, 0.25) is 0 Å². The van der Waals surface area contributed by atoms with Gasteiger partial charge in [-0.3, -0.25) is 9.59 Å². The molecular weight excluding hydrogens is 316 g/mol. The topological polar surface area (TPSA) is 71.4 Å². The number of carbonyl (C=O) groups is 3. The van der Waals surface area contributed by atoms with E-state index in [-0.39, 0.29) is 34.7 Å². The van der Waals surface area contributed by atoms with Gasteiger partial charge in [-0.2, -0.15) is 0 Å². The predicted molar refractivity (Wildman–Crippen MR) is 92.7 cm³/mol. The van der Waals surface area contributed by atoms with Crippen molar-refractivity contribution >= 4 is 17.9 Å². The number of ketones is 2. The van der Waals surface area contributed by atoms with Gasteiger partial charge in [0.25, 0.3) is 0 Å². The predicted octanol–water partition coefficient (Wildman–Crippen LogP) is 2.87. The van der Waals surface area contributed by atoms with Crippen molar-refractivity contribution in [2.45, 2.75) is 64.9 Å². The molecule has 4 aliphatic rings. The van der Waals surface area contributed by atoms with Gasteiger partial charge in [0.2, 0.25) is 0 Å². The molecule has 1 N–H and O–H groups in total. The quantitative estimate of drug-likeness (QED) is 0.782. The molecule has 0 saturated heterocycles. The Bertz CT molecular complexity index is 665. The molecular formula is C21H28O4. The van der Waals surface area contributed by atoms with E-state index >= 15 is 0 Å². The standard InChI is InChI=1S/C21H28O4/c1-12(23)16-5-6-17-15-4-3-13-9-14(24)7-8-21(13,11-22)19(15)18(25)10-20(16,17)2/h9,11,15-19,25H,3-8,10H2,1-2H3/t15-,16+,17-,18?,19+,20+,21+/m0/s1. The molecule has 0 aromatic heterocycles. The molecule has 0 spiro atoms. The number of allylic oxidation sites excluding steroid dienone is 1. The number of fused-ring (bicyclic) bond motifs is 5. The molecule has 4 nitrogen and oxygen atoms in total. The Kier molecular flexibility index (Phi) is 3.84. The SMILES string of the molecule is CC(=O)[C@H]1CC[C@H]2[C@@H]3CCC4=CC(=O)CC[C@]4(C=O)[C@H]3C(O)C[C@]12C. The van der Waals surface area contributed by atoms with Crippen LogP contribution in [0.5, 0.6) is 0 Å². The summed E-state index contributed by atoms with van der Waals surface area (Å²) < 4.78 is 0. The number of hydrogen-bond acceptors (Lipinski definition) is 4. The van der Waals surface area contributed by atoms with Crippen molar-refractivity contribution in [3.05, 3.63) is 11.6 Å². The zero-order valence-corrected chi connectivity index (χ0v) is 15.2. The van der Waals surface area contributed by atoms with Crippen LogP contribution >= 0.6 is 0 Å². The Balaban J connectivity index is 1.76.